The maximum atomic E-state index is 12.9. The van der Waals surface area contributed by atoms with Gasteiger partial charge in [0.1, 0.15) is 12.8 Å². The molecule has 2 atom stereocenters. The second-order valence-electron chi connectivity index (χ2n) is 6.19. The molecule has 7 nitrogen and oxygen atoms in total. The lowest BCUT2D eigenvalue weighted by molar-refractivity contribution is -0.305. The van der Waals surface area contributed by atoms with Crippen molar-refractivity contribution >= 4 is 44.9 Å². The summed E-state index contributed by atoms with van der Waals surface area (Å²) >= 11 is 10.7. The van der Waals surface area contributed by atoms with Crippen molar-refractivity contribution < 1.29 is 32.6 Å². The van der Waals surface area contributed by atoms with E-state index in [1.807, 2.05) is 6.92 Å². The molecule has 166 valence electrons. The maximum Gasteiger partial charge on any atom is 0.253 e. The number of hydrogen-bond donors (Lipinski definition) is 2. The predicted octanol–water partition coefficient (Wildman–Crippen LogP) is 1.70. The summed E-state index contributed by atoms with van der Waals surface area (Å²) in [6, 6.07) is 4.03. The third kappa shape index (κ3) is 11.4. The van der Waals surface area contributed by atoms with Gasteiger partial charge in [-0.05, 0) is 30.5 Å². The number of sulfone groups is 1. The zero-order valence-electron chi connectivity index (χ0n) is 16.1. The van der Waals surface area contributed by atoms with Gasteiger partial charge in [-0.15, -0.1) is 0 Å². The van der Waals surface area contributed by atoms with Gasteiger partial charge >= 0.3 is 0 Å². The number of aliphatic hydroxyl groups excluding tert-OH is 1. The quantitative estimate of drug-likeness (QED) is 0.394. The highest BCUT2D eigenvalue weighted by Gasteiger charge is 2.25. The number of carboxylic acids is 1. The standard InChI is InChI=1S/C12H14Cl2FNO4S.C6H12O2/c1-21(19,20)8-4-2-7(3-5-8)10(17)9(6-15)16-12(18)11(13)14;1-2-3-4-5-6(7)8/h2-5,9-11,17H,6H2,1H3,(H,16,18);2-5H2,1H3,(H,7,8)/p-1/t9-,10-;/m1./s1. The van der Waals surface area contributed by atoms with Crippen molar-refractivity contribution in [1.29, 1.82) is 0 Å². The Labute approximate surface area is 180 Å². The van der Waals surface area contributed by atoms with Crippen LogP contribution in [-0.4, -0.2) is 49.2 Å². The van der Waals surface area contributed by atoms with Crippen molar-refractivity contribution in [3.63, 3.8) is 0 Å². The number of amides is 1. The highest BCUT2D eigenvalue weighted by molar-refractivity contribution is 7.90. The molecule has 0 heterocycles. The zero-order chi connectivity index (χ0) is 22.6. The van der Waals surface area contributed by atoms with Crippen LogP contribution in [0, 0.1) is 0 Å². The molecular weight excluding hydrogens is 448 g/mol. The van der Waals surface area contributed by atoms with Gasteiger partial charge in [0, 0.05) is 12.2 Å². The molecule has 0 unspecified atom stereocenters. The summed E-state index contributed by atoms with van der Waals surface area (Å²) in [5, 5.41) is 21.9. The van der Waals surface area contributed by atoms with Crippen LogP contribution < -0.4 is 10.4 Å². The molecule has 0 aromatic heterocycles. The topological polar surface area (TPSA) is 124 Å². The normalized spacial score (nSPS) is 13.2. The van der Waals surface area contributed by atoms with Crippen molar-refractivity contribution in [1.82, 2.24) is 5.32 Å². The number of carbonyl (C=O) groups is 2. The van der Waals surface area contributed by atoms with E-state index in [2.05, 4.69) is 5.32 Å². The number of nitrogens with one attached hydrogen (secondary N) is 1. The molecule has 2 N–H and O–H groups in total. The first kappa shape index (κ1) is 27.6. The van der Waals surface area contributed by atoms with Crippen LogP contribution in [0.4, 0.5) is 4.39 Å². The van der Waals surface area contributed by atoms with E-state index in [9.17, 15) is 32.6 Å². The van der Waals surface area contributed by atoms with Crippen molar-refractivity contribution in [2.75, 3.05) is 12.9 Å². The average molecular weight is 473 g/mol. The second kappa shape index (κ2) is 13.7. The highest BCUT2D eigenvalue weighted by Crippen LogP contribution is 2.20. The molecule has 1 amide bonds. The molecule has 11 heteroatoms. The Morgan fingerprint density at radius 3 is 2.14 bits per heavy atom. The number of aliphatic hydroxyl groups is 1. The van der Waals surface area contributed by atoms with Gasteiger partial charge in [0.05, 0.1) is 10.9 Å². The first-order valence-corrected chi connectivity index (χ1v) is 11.5. The minimum absolute atomic E-state index is 0.0702. The molecule has 0 aliphatic carbocycles. The molecule has 0 bridgehead atoms. The molecule has 0 radical (unpaired) electrons. The van der Waals surface area contributed by atoms with Gasteiger partial charge in [-0.1, -0.05) is 55.1 Å². The van der Waals surface area contributed by atoms with Crippen molar-refractivity contribution in [2.24, 2.45) is 0 Å². The molecule has 29 heavy (non-hydrogen) atoms. The lowest BCUT2D eigenvalue weighted by Crippen LogP contribution is -2.43. The maximum absolute atomic E-state index is 12.9. The zero-order valence-corrected chi connectivity index (χ0v) is 18.4. The Balaban J connectivity index is 0.000000828. The molecule has 1 aromatic rings. The largest absolute Gasteiger partial charge is 0.550 e. The Kier molecular flexibility index (Phi) is 13.1. The molecule has 0 saturated heterocycles. The number of carboxylic acid groups (broad SMARTS) is 1. The monoisotopic (exact) mass is 472 g/mol. The van der Waals surface area contributed by atoms with Gasteiger partial charge in [-0.2, -0.15) is 0 Å². The molecule has 0 fully saturated rings. The first-order chi connectivity index (χ1) is 13.4. The predicted molar refractivity (Wildman–Crippen MR) is 107 cm³/mol. The van der Waals surface area contributed by atoms with Crippen molar-refractivity contribution in [3.05, 3.63) is 29.8 Å². The van der Waals surface area contributed by atoms with Gasteiger partial charge in [-0.3, -0.25) is 4.79 Å². The summed E-state index contributed by atoms with van der Waals surface area (Å²) in [6.45, 7) is 0.997. The van der Waals surface area contributed by atoms with Crippen LogP contribution in [0.2, 0.25) is 0 Å². The number of benzene rings is 1. The summed E-state index contributed by atoms with van der Waals surface area (Å²) in [4.78, 5) is 19.8. The Hall–Kier alpha value is -1.42. The van der Waals surface area contributed by atoms with Gasteiger partial charge in [0.25, 0.3) is 5.91 Å². The highest BCUT2D eigenvalue weighted by atomic mass is 35.5. The van der Waals surface area contributed by atoms with E-state index in [4.69, 9.17) is 23.2 Å². The Morgan fingerprint density at radius 1 is 1.21 bits per heavy atom. The Morgan fingerprint density at radius 2 is 1.76 bits per heavy atom. The van der Waals surface area contributed by atoms with E-state index in [-0.39, 0.29) is 16.9 Å². The lowest BCUT2D eigenvalue weighted by atomic mass is 10.0. The van der Waals surface area contributed by atoms with E-state index in [1.165, 1.54) is 24.3 Å². The molecule has 0 saturated carbocycles. The number of aliphatic carboxylic acids is 1. The number of halogens is 3. The minimum Gasteiger partial charge on any atom is -0.550 e. The smallest absolute Gasteiger partial charge is 0.253 e. The minimum atomic E-state index is -3.36. The molecular formula is C18H25Cl2FNO6S-. The van der Waals surface area contributed by atoms with Crippen LogP contribution in [0.1, 0.15) is 44.3 Å². The summed E-state index contributed by atoms with van der Waals surface area (Å²) < 4.78 is 35.6. The molecule has 1 aromatic carbocycles. The van der Waals surface area contributed by atoms with E-state index >= 15 is 0 Å². The second-order valence-corrected chi connectivity index (χ2v) is 9.30. The van der Waals surface area contributed by atoms with Crippen LogP contribution in [-0.2, 0) is 19.4 Å². The molecule has 0 aliphatic heterocycles. The third-order valence-electron chi connectivity index (χ3n) is 3.71. The van der Waals surface area contributed by atoms with Crippen LogP contribution in [0.15, 0.2) is 29.2 Å². The first-order valence-electron chi connectivity index (χ1n) is 8.76. The molecule has 0 spiro atoms. The lowest BCUT2D eigenvalue weighted by Gasteiger charge is -2.22. The number of alkyl halides is 3. The van der Waals surface area contributed by atoms with Crippen LogP contribution in [0.25, 0.3) is 0 Å². The van der Waals surface area contributed by atoms with Gasteiger partial charge < -0.3 is 20.3 Å². The van der Waals surface area contributed by atoms with Gasteiger partial charge in [-0.25, -0.2) is 12.8 Å². The number of hydrogen-bond acceptors (Lipinski definition) is 6. The number of unbranched alkanes of at least 4 members (excludes halogenated alkanes) is 2. The molecule has 0 aliphatic rings. The summed E-state index contributed by atoms with van der Waals surface area (Å²) in [6.07, 6.45) is 2.72. The fraction of sp³-hybridized carbons (Fsp3) is 0.556. The van der Waals surface area contributed by atoms with E-state index in [1.54, 1.807) is 0 Å². The van der Waals surface area contributed by atoms with Crippen molar-refractivity contribution in [2.45, 2.75) is 54.5 Å². The summed E-state index contributed by atoms with van der Waals surface area (Å²) in [5.41, 5.74) is 0.256. The fourth-order valence-corrected chi connectivity index (χ4v) is 2.87. The van der Waals surface area contributed by atoms with E-state index in [0.717, 1.165) is 25.5 Å². The van der Waals surface area contributed by atoms with E-state index < -0.39 is 45.4 Å². The number of rotatable bonds is 10. The van der Waals surface area contributed by atoms with Crippen molar-refractivity contribution in [3.8, 4) is 0 Å². The van der Waals surface area contributed by atoms with Gasteiger partial charge in [0.15, 0.2) is 14.7 Å². The summed E-state index contributed by atoms with van der Waals surface area (Å²) in [7, 11) is -3.36. The third-order valence-corrected chi connectivity index (χ3v) is 5.23. The Bertz CT molecular complexity index is 743. The fourth-order valence-electron chi connectivity index (χ4n) is 2.11. The SMILES string of the molecule is CCCCCC(=O)[O-].CS(=O)(=O)c1ccc([C@@H](O)[C@@H](CF)NC(=O)C(Cl)Cl)cc1. The van der Waals surface area contributed by atoms with Gasteiger partial charge in [0.2, 0.25) is 0 Å². The summed E-state index contributed by atoms with van der Waals surface area (Å²) in [5.74, 6) is -1.76. The van der Waals surface area contributed by atoms with Crippen LogP contribution in [0.3, 0.4) is 0 Å². The molecule has 1 rings (SSSR count). The van der Waals surface area contributed by atoms with Crippen LogP contribution >= 0.6 is 23.2 Å². The number of carbonyl (C=O) groups excluding carboxylic acids is 2. The average Bonchev–Trinajstić information content (AvgIpc) is 2.65. The van der Waals surface area contributed by atoms with E-state index in [0.29, 0.717) is 0 Å². The van der Waals surface area contributed by atoms with Crippen LogP contribution in [0.5, 0.6) is 0 Å².